The fourth-order valence-electron chi connectivity index (χ4n) is 3.24. The van der Waals surface area contributed by atoms with E-state index in [9.17, 15) is 9.59 Å². The molecule has 1 aromatic rings. The molecule has 2 rings (SSSR count). The smallest absolute Gasteiger partial charge is 0.338 e. The molecular weight excluding hydrogens is 452 g/mol. The number of ether oxygens (including phenoxy) is 3. The first kappa shape index (κ1) is 24.1. The summed E-state index contributed by atoms with van der Waals surface area (Å²) < 4.78 is 17.7. The van der Waals surface area contributed by atoms with E-state index < -0.39 is 12.0 Å². The summed E-state index contributed by atoms with van der Waals surface area (Å²) in [6.45, 7) is 10.4. The Morgan fingerprint density at radius 1 is 1.17 bits per heavy atom. The molecule has 1 aliphatic heterocycles. The number of amides is 2. The van der Waals surface area contributed by atoms with Crippen LogP contribution in [0.15, 0.2) is 27.9 Å². The summed E-state index contributed by atoms with van der Waals surface area (Å²) in [5.74, 6) is 0.685. The zero-order valence-electron chi connectivity index (χ0n) is 18.3. The summed E-state index contributed by atoms with van der Waals surface area (Å²) in [4.78, 5) is 25.4. The molecule has 0 fully saturated rings. The number of rotatable bonds is 10. The molecule has 0 aromatic heterocycles. The fraction of sp³-hybridized carbons (Fsp3) is 0.545. The summed E-state index contributed by atoms with van der Waals surface area (Å²) in [5, 5.41) is 5.67. The van der Waals surface area contributed by atoms with Crippen molar-refractivity contribution in [1.29, 1.82) is 0 Å². The van der Waals surface area contributed by atoms with Crippen molar-refractivity contribution in [1.82, 2.24) is 10.6 Å². The van der Waals surface area contributed by atoms with Gasteiger partial charge in [0.25, 0.3) is 0 Å². The normalized spacial score (nSPS) is 16.2. The van der Waals surface area contributed by atoms with E-state index in [0.717, 1.165) is 12.8 Å². The second-order valence-corrected chi connectivity index (χ2v) is 8.03. The number of benzene rings is 1. The van der Waals surface area contributed by atoms with Gasteiger partial charge in [0.2, 0.25) is 0 Å². The highest BCUT2D eigenvalue weighted by Gasteiger charge is 2.34. The quantitative estimate of drug-likeness (QED) is 0.458. The van der Waals surface area contributed by atoms with Gasteiger partial charge in [-0.15, -0.1) is 0 Å². The lowest BCUT2D eigenvalue weighted by molar-refractivity contribution is -0.143. The van der Waals surface area contributed by atoms with E-state index in [-0.39, 0.29) is 12.1 Å². The van der Waals surface area contributed by atoms with E-state index in [1.165, 1.54) is 0 Å². The van der Waals surface area contributed by atoms with Crippen molar-refractivity contribution >= 4 is 27.9 Å². The van der Waals surface area contributed by atoms with E-state index in [0.29, 0.717) is 52.4 Å². The number of hydrogen-bond donors (Lipinski definition) is 2. The Balaban J connectivity index is 2.59. The first-order valence-corrected chi connectivity index (χ1v) is 11.2. The number of urea groups is 1. The molecule has 2 amide bonds. The van der Waals surface area contributed by atoms with Gasteiger partial charge in [-0.3, -0.25) is 0 Å². The number of carbonyl (C=O) groups is 2. The Kier molecular flexibility index (Phi) is 9.02. The van der Waals surface area contributed by atoms with E-state index in [2.05, 4.69) is 33.5 Å². The highest BCUT2D eigenvalue weighted by atomic mass is 79.9. The summed E-state index contributed by atoms with van der Waals surface area (Å²) in [7, 11) is 0. The molecule has 1 aromatic carbocycles. The van der Waals surface area contributed by atoms with Crippen LogP contribution in [0, 0.1) is 0 Å². The molecule has 0 spiro atoms. The third-order valence-corrected chi connectivity index (χ3v) is 5.04. The SMILES string of the molecule is CCCCC1=C(C(=O)OC(C)C)C(c2cc(Br)c(OCC)c(OCC)c2)NC(=O)N1. The highest BCUT2D eigenvalue weighted by Crippen LogP contribution is 2.41. The summed E-state index contributed by atoms with van der Waals surface area (Å²) in [6.07, 6.45) is 2.09. The first-order chi connectivity index (χ1) is 14.3. The molecule has 7 nitrogen and oxygen atoms in total. The Morgan fingerprint density at radius 2 is 1.87 bits per heavy atom. The second kappa shape index (κ2) is 11.2. The topological polar surface area (TPSA) is 85.9 Å². The molecule has 1 heterocycles. The molecule has 2 N–H and O–H groups in total. The lowest BCUT2D eigenvalue weighted by atomic mass is 9.93. The summed E-state index contributed by atoms with van der Waals surface area (Å²) in [6, 6.07) is 2.62. The largest absolute Gasteiger partial charge is 0.490 e. The second-order valence-electron chi connectivity index (χ2n) is 7.18. The predicted octanol–water partition coefficient (Wildman–Crippen LogP) is 5.00. The first-order valence-electron chi connectivity index (χ1n) is 10.4. The van der Waals surface area contributed by atoms with Crippen molar-refractivity contribution in [2.45, 2.75) is 66.0 Å². The standard InChI is InChI=1S/C22H31BrN2O5/c1-6-9-10-16-18(21(26)30-13(4)5)19(25-22(27)24-16)14-11-15(23)20(29-8-3)17(12-14)28-7-2/h11-13,19H,6-10H2,1-5H3,(H2,24,25,27). The minimum absolute atomic E-state index is 0.276. The molecule has 0 radical (unpaired) electrons. The fourth-order valence-corrected chi connectivity index (χ4v) is 3.81. The molecule has 30 heavy (non-hydrogen) atoms. The van der Waals surface area contributed by atoms with Crippen molar-refractivity contribution in [2.24, 2.45) is 0 Å². The van der Waals surface area contributed by atoms with Gasteiger partial charge in [-0.1, -0.05) is 13.3 Å². The van der Waals surface area contributed by atoms with Crippen LogP contribution in [-0.2, 0) is 9.53 Å². The average Bonchev–Trinajstić information content (AvgIpc) is 2.67. The zero-order valence-corrected chi connectivity index (χ0v) is 19.9. The van der Waals surface area contributed by atoms with E-state index >= 15 is 0 Å². The van der Waals surface area contributed by atoms with Crippen molar-refractivity contribution in [2.75, 3.05) is 13.2 Å². The van der Waals surface area contributed by atoms with Crippen LogP contribution in [0.3, 0.4) is 0 Å². The van der Waals surface area contributed by atoms with Crippen LogP contribution in [0.2, 0.25) is 0 Å². The van der Waals surface area contributed by atoms with Crippen LogP contribution >= 0.6 is 15.9 Å². The highest BCUT2D eigenvalue weighted by molar-refractivity contribution is 9.10. The van der Waals surface area contributed by atoms with Gasteiger partial charge >= 0.3 is 12.0 Å². The van der Waals surface area contributed by atoms with Gasteiger partial charge < -0.3 is 24.8 Å². The molecule has 8 heteroatoms. The summed E-state index contributed by atoms with van der Waals surface area (Å²) in [5.41, 5.74) is 1.71. The lowest BCUT2D eigenvalue weighted by Crippen LogP contribution is -2.46. The molecule has 0 bridgehead atoms. The van der Waals surface area contributed by atoms with Gasteiger partial charge in [0, 0.05) is 5.70 Å². The van der Waals surface area contributed by atoms with Gasteiger partial charge in [0.1, 0.15) is 0 Å². The number of unbranched alkanes of at least 4 members (excludes halogenated alkanes) is 1. The van der Waals surface area contributed by atoms with Gasteiger partial charge in [0.05, 0.1) is 35.4 Å². The molecule has 1 atom stereocenters. The van der Waals surface area contributed by atoms with Gasteiger partial charge in [-0.25, -0.2) is 9.59 Å². The maximum absolute atomic E-state index is 13.0. The van der Waals surface area contributed by atoms with E-state index in [4.69, 9.17) is 14.2 Å². The monoisotopic (exact) mass is 482 g/mol. The van der Waals surface area contributed by atoms with Crippen LogP contribution in [0.5, 0.6) is 11.5 Å². The Bertz CT molecular complexity index is 807. The number of halogens is 1. The van der Waals surface area contributed by atoms with Gasteiger partial charge in [-0.05, 0) is 74.2 Å². The van der Waals surface area contributed by atoms with E-state index in [1.807, 2.05) is 19.9 Å². The van der Waals surface area contributed by atoms with Crippen LogP contribution in [-0.4, -0.2) is 31.3 Å². The third-order valence-electron chi connectivity index (χ3n) is 4.45. The van der Waals surface area contributed by atoms with Gasteiger partial charge in [0.15, 0.2) is 11.5 Å². The number of hydrogen-bond acceptors (Lipinski definition) is 5. The Labute approximate surface area is 186 Å². The molecule has 1 aliphatic rings. The van der Waals surface area contributed by atoms with Crippen LogP contribution in [0.4, 0.5) is 4.79 Å². The number of nitrogens with one attached hydrogen (secondary N) is 2. The Morgan fingerprint density at radius 3 is 2.47 bits per heavy atom. The number of esters is 1. The van der Waals surface area contributed by atoms with Crippen molar-refractivity contribution in [3.05, 3.63) is 33.4 Å². The molecule has 0 saturated carbocycles. The molecule has 1 unspecified atom stereocenters. The van der Waals surface area contributed by atoms with Crippen LogP contribution in [0.25, 0.3) is 0 Å². The predicted molar refractivity (Wildman–Crippen MR) is 119 cm³/mol. The third kappa shape index (κ3) is 5.90. The minimum atomic E-state index is -0.664. The summed E-state index contributed by atoms with van der Waals surface area (Å²) >= 11 is 3.54. The maximum Gasteiger partial charge on any atom is 0.338 e. The maximum atomic E-state index is 13.0. The lowest BCUT2D eigenvalue weighted by Gasteiger charge is -2.30. The zero-order chi connectivity index (χ0) is 22.3. The van der Waals surface area contributed by atoms with Crippen molar-refractivity contribution in [3.63, 3.8) is 0 Å². The number of carbonyl (C=O) groups excluding carboxylic acids is 2. The molecule has 166 valence electrons. The van der Waals surface area contributed by atoms with Crippen LogP contribution in [0.1, 0.15) is 65.5 Å². The van der Waals surface area contributed by atoms with Crippen molar-refractivity contribution < 1.29 is 23.8 Å². The van der Waals surface area contributed by atoms with Crippen molar-refractivity contribution in [3.8, 4) is 11.5 Å². The van der Waals surface area contributed by atoms with E-state index in [1.54, 1.807) is 19.9 Å². The number of allylic oxidation sites excluding steroid dienone is 1. The molecular formula is C22H31BrN2O5. The average molecular weight is 483 g/mol. The molecule has 0 saturated heterocycles. The molecule has 0 aliphatic carbocycles. The minimum Gasteiger partial charge on any atom is -0.490 e. The Hall–Kier alpha value is -2.22. The van der Waals surface area contributed by atoms with Gasteiger partial charge in [-0.2, -0.15) is 0 Å². The van der Waals surface area contributed by atoms with Crippen LogP contribution < -0.4 is 20.1 Å².